The van der Waals surface area contributed by atoms with Gasteiger partial charge in [-0.2, -0.15) is 0 Å². The van der Waals surface area contributed by atoms with Gasteiger partial charge in [0.05, 0.1) is 0 Å². The molecule has 0 aromatic heterocycles. The molecule has 0 heteroatoms. The lowest BCUT2D eigenvalue weighted by atomic mass is 9.87. The van der Waals surface area contributed by atoms with Gasteiger partial charge >= 0.3 is 0 Å². The fourth-order valence-corrected chi connectivity index (χ4v) is 2.52. The van der Waals surface area contributed by atoms with Crippen molar-refractivity contribution in [3.8, 4) is 0 Å². The Bertz CT molecular complexity index is 489. The van der Waals surface area contributed by atoms with E-state index in [-0.39, 0.29) is 0 Å². The second kappa shape index (κ2) is 3.52. The van der Waals surface area contributed by atoms with E-state index in [0.717, 1.165) is 0 Å². The molecule has 0 heterocycles. The van der Waals surface area contributed by atoms with Crippen molar-refractivity contribution >= 4 is 11.6 Å². The molecule has 1 aromatic carbocycles. The molecule has 0 amide bonds. The molecule has 0 nitrogen and oxygen atoms in total. The van der Waals surface area contributed by atoms with E-state index >= 15 is 0 Å². The Morgan fingerprint density at radius 3 is 2.60 bits per heavy atom. The van der Waals surface area contributed by atoms with Crippen molar-refractivity contribution in [3.05, 3.63) is 34.2 Å². The molecule has 1 aliphatic rings. The highest BCUT2D eigenvalue weighted by Crippen LogP contribution is 2.27. The molecule has 15 heavy (non-hydrogen) atoms. The molecule has 0 N–H and O–H groups in total. The monoisotopic (exact) mass is 200 g/mol. The minimum absolute atomic E-state index is 0.334. The number of rotatable bonds is 0. The highest BCUT2D eigenvalue weighted by atomic mass is 14.2. The van der Waals surface area contributed by atoms with Crippen molar-refractivity contribution < 1.29 is 0 Å². The van der Waals surface area contributed by atoms with Crippen LogP contribution in [0, 0.1) is 12.3 Å². The third-order valence-electron chi connectivity index (χ3n) is 3.42. The Labute approximate surface area is 92.3 Å². The standard InChI is InChI=1S/C15H20/c1-11-6-5-7-13-10-15(3,4)9-8-12(2)14(11)13/h5-7,10H,8-9H2,1-4H3. The molecule has 0 atom stereocenters. The topological polar surface area (TPSA) is 0 Å². The minimum Gasteiger partial charge on any atom is -0.0710 e. The van der Waals surface area contributed by atoms with Crippen molar-refractivity contribution in [1.82, 2.24) is 0 Å². The van der Waals surface area contributed by atoms with Crippen molar-refractivity contribution in [2.45, 2.75) is 40.5 Å². The van der Waals surface area contributed by atoms with Crippen LogP contribution in [0.25, 0.3) is 11.6 Å². The largest absolute Gasteiger partial charge is 0.0710 e. The van der Waals surface area contributed by atoms with Crippen LogP contribution >= 0.6 is 0 Å². The molecular weight excluding hydrogens is 180 g/mol. The first kappa shape index (κ1) is 10.5. The molecule has 0 radical (unpaired) electrons. The summed E-state index contributed by atoms with van der Waals surface area (Å²) in [5.74, 6) is 0. The van der Waals surface area contributed by atoms with Gasteiger partial charge in [-0.15, -0.1) is 0 Å². The molecular formula is C15H20. The first-order valence-corrected chi connectivity index (χ1v) is 5.78. The zero-order valence-electron chi connectivity index (χ0n) is 10.2. The quantitative estimate of drug-likeness (QED) is 0.604. The van der Waals surface area contributed by atoms with E-state index in [4.69, 9.17) is 0 Å². The van der Waals surface area contributed by atoms with Crippen LogP contribution in [0.3, 0.4) is 0 Å². The summed E-state index contributed by atoms with van der Waals surface area (Å²) in [7, 11) is 0. The normalized spacial score (nSPS) is 19.1. The zero-order chi connectivity index (χ0) is 11.1. The van der Waals surface area contributed by atoms with Gasteiger partial charge in [0, 0.05) is 0 Å². The summed E-state index contributed by atoms with van der Waals surface area (Å²) in [5, 5.41) is 2.91. The van der Waals surface area contributed by atoms with Crippen molar-refractivity contribution in [2.75, 3.05) is 0 Å². The van der Waals surface area contributed by atoms with Crippen LogP contribution in [0.2, 0.25) is 0 Å². The maximum Gasteiger partial charge on any atom is -0.0163 e. The van der Waals surface area contributed by atoms with Crippen LogP contribution in [-0.2, 0) is 0 Å². The van der Waals surface area contributed by atoms with E-state index in [1.54, 1.807) is 5.57 Å². The van der Waals surface area contributed by atoms with E-state index in [1.807, 2.05) is 0 Å². The van der Waals surface area contributed by atoms with Crippen LogP contribution < -0.4 is 10.4 Å². The average molecular weight is 200 g/mol. The molecule has 0 spiro atoms. The second-order valence-corrected chi connectivity index (χ2v) is 5.45. The zero-order valence-corrected chi connectivity index (χ0v) is 10.2. The van der Waals surface area contributed by atoms with E-state index in [1.165, 1.54) is 28.8 Å². The van der Waals surface area contributed by atoms with Gasteiger partial charge in [0.15, 0.2) is 0 Å². The predicted molar refractivity (Wildman–Crippen MR) is 67.0 cm³/mol. The fraction of sp³-hybridized carbons (Fsp3) is 0.467. The van der Waals surface area contributed by atoms with Gasteiger partial charge in [0.1, 0.15) is 0 Å². The van der Waals surface area contributed by atoms with Crippen molar-refractivity contribution in [1.29, 1.82) is 0 Å². The van der Waals surface area contributed by atoms with Crippen molar-refractivity contribution in [2.24, 2.45) is 5.41 Å². The summed E-state index contributed by atoms with van der Waals surface area (Å²) in [5.41, 5.74) is 3.30. The third kappa shape index (κ3) is 1.99. The summed E-state index contributed by atoms with van der Waals surface area (Å²) < 4.78 is 0. The molecule has 2 rings (SSSR count). The molecule has 80 valence electrons. The highest BCUT2D eigenvalue weighted by molar-refractivity contribution is 5.50. The van der Waals surface area contributed by atoms with E-state index < -0.39 is 0 Å². The summed E-state index contributed by atoms with van der Waals surface area (Å²) in [6.45, 7) is 9.16. The van der Waals surface area contributed by atoms with Gasteiger partial charge in [-0.1, -0.05) is 43.7 Å². The minimum atomic E-state index is 0.334. The average Bonchev–Trinajstić information content (AvgIpc) is 2.24. The summed E-state index contributed by atoms with van der Waals surface area (Å²) >= 11 is 0. The van der Waals surface area contributed by atoms with Gasteiger partial charge < -0.3 is 0 Å². The molecule has 0 fully saturated rings. The first-order chi connectivity index (χ1) is 6.99. The molecule has 1 aliphatic carbocycles. The molecule has 0 saturated heterocycles. The van der Waals surface area contributed by atoms with Gasteiger partial charge in [0.25, 0.3) is 0 Å². The summed E-state index contributed by atoms with van der Waals surface area (Å²) in [6, 6.07) is 6.63. The smallest absolute Gasteiger partial charge is 0.0163 e. The number of fused-ring (bicyclic) bond motifs is 1. The maximum atomic E-state index is 2.44. The molecule has 1 aromatic rings. The maximum absolute atomic E-state index is 2.44. The van der Waals surface area contributed by atoms with Crippen LogP contribution in [0.4, 0.5) is 0 Å². The number of aryl methyl sites for hydroxylation is 1. The van der Waals surface area contributed by atoms with E-state index in [2.05, 4.69) is 52.0 Å². The van der Waals surface area contributed by atoms with E-state index in [9.17, 15) is 0 Å². The van der Waals surface area contributed by atoms with Gasteiger partial charge in [-0.3, -0.25) is 0 Å². The number of benzene rings is 1. The predicted octanol–water partition coefficient (Wildman–Crippen LogP) is 2.77. The summed E-state index contributed by atoms with van der Waals surface area (Å²) in [6.07, 6.45) is 4.92. The Kier molecular flexibility index (Phi) is 2.46. The SMILES string of the molecule is CC1=c2c(C)cccc2=CC(C)(C)CC1. The third-order valence-corrected chi connectivity index (χ3v) is 3.42. The van der Waals surface area contributed by atoms with E-state index in [0.29, 0.717) is 5.41 Å². The molecule has 0 bridgehead atoms. The Balaban J connectivity index is 2.86. The Hall–Kier alpha value is -1.04. The number of hydrogen-bond donors (Lipinski definition) is 0. The lowest BCUT2D eigenvalue weighted by Crippen LogP contribution is -2.29. The van der Waals surface area contributed by atoms with Crippen LogP contribution in [0.5, 0.6) is 0 Å². The Morgan fingerprint density at radius 2 is 1.87 bits per heavy atom. The van der Waals surface area contributed by atoms with Crippen molar-refractivity contribution in [3.63, 3.8) is 0 Å². The fourth-order valence-electron chi connectivity index (χ4n) is 2.52. The Morgan fingerprint density at radius 1 is 1.13 bits per heavy atom. The molecule has 0 unspecified atom stereocenters. The van der Waals surface area contributed by atoms with Gasteiger partial charge in [-0.05, 0) is 48.1 Å². The molecule has 0 saturated carbocycles. The summed E-state index contributed by atoms with van der Waals surface area (Å²) in [4.78, 5) is 0. The van der Waals surface area contributed by atoms with Gasteiger partial charge in [0.2, 0.25) is 0 Å². The lowest BCUT2D eigenvalue weighted by molar-refractivity contribution is 0.479. The molecule has 0 aliphatic heterocycles. The van der Waals surface area contributed by atoms with Crippen LogP contribution in [-0.4, -0.2) is 0 Å². The lowest BCUT2D eigenvalue weighted by Gasteiger charge is -2.18. The first-order valence-electron chi connectivity index (χ1n) is 5.78. The highest BCUT2D eigenvalue weighted by Gasteiger charge is 2.17. The van der Waals surface area contributed by atoms with Crippen LogP contribution in [0.15, 0.2) is 18.2 Å². The van der Waals surface area contributed by atoms with Gasteiger partial charge in [-0.25, -0.2) is 0 Å². The number of hydrogen-bond acceptors (Lipinski definition) is 0. The van der Waals surface area contributed by atoms with Crippen LogP contribution in [0.1, 0.15) is 39.2 Å². The second-order valence-electron chi connectivity index (χ2n) is 5.45.